The van der Waals surface area contributed by atoms with Gasteiger partial charge in [-0.25, -0.2) is 5.43 Å². The topological polar surface area (TPSA) is 107 Å². The van der Waals surface area contributed by atoms with Crippen LogP contribution < -0.4 is 29.7 Å². The van der Waals surface area contributed by atoms with Gasteiger partial charge >= 0.3 is 0 Å². The quantitative estimate of drug-likeness (QED) is 0.256. The highest BCUT2D eigenvalue weighted by atomic mass is 35.5. The Hall–Kier alpha value is -4.24. The lowest BCUT2D eigenvalue weighted by molar-refractivity contribution is -0.118. The predicted molar refractivity (Wildman–Crippen MR) is 142 cm³/mol. The number of hydrazone groups is 1. The van der Waals surface area contributed by atoms with Crippen LogP contribution in [0.4, 0.5) is 5.69 Å². The summed E-state index contributed by atoms with van der Waals surface area (Å²) in [6, 6.07) is 17.1. The van der Waals surface area contributed by atoms with Crippen molar-refractivity contribution in [2.45, 2.75) is 13.8 Å². The zero-order valence-corrected chi connectivity index (χ0v) is 21.5. The number of benzene rings is 3. The lowest BCUT2D eigenvalue weighted by Crippen LogP contribution is -2.20. The van der Waals surface area contributed by atoms with Crippen LogP contribution in [0.5, 0.6) is 23.0 Å². The molecular formula is C27H28ClN3O6. The first-order chi connectivity index (χ1) is 17.9. The zero-order chi connectivity index (χ0) is 26.6. The number of nitrogens with zero attached hydrogens (tertiary/aromatic N) is 1. The van der Waals surface area contributed by atoms with Crippen LogP contribution in [0.2, 0.25) is 5.02 Å². The van der Waals surface area contributed by atoms with Gasteiger partial charge in [-0.3, -0.25) is 9.59 Å². The van der Waals surface area contributed by atoms with E-state index < -0.39 is 5.91 Å². The van der Waals surface area contributed by atoms with Crippen LogP contribution in [-0.4, -0.2) is 45.0 Å². The second kappa shape index (κ2) is 13.7. The van der Waals surface area contributed by atoms with Crippen molar-refractivity contribution < 1.29 is 28.5 Å². The third-order valence-electron chi connectivity index (χ3n) is 4.84. The number of para-hydroxylation sites is 1. The molecule has 0 unspecified atom stereocenters. The molecule has 0 saturated heterocycles. The average molecular weight is 526 g/mol. The molecule has 37 heavy (non-hydrogen) atoms. The Kier molecular flexibility index (Phi) is 10.2. The molecule has 0 aliphatic heterocycles. The van der Waals surface area contributed by atoms with E-state index in [1.807, 2.05) is 32.0 Å². The van der Waals surface area contributed by atoms with Crippen LogP contribution >= 0.6 is 11.6 Å². The molecule has 0 heterocycles. The average Bonchev–Trinajstić information content (AvgIpc) is 2.89. The van der Waals surface area contributed by atoms with Crippen molar-refractivity contribution in [3.63, 3.8) is 0 Å². The van der Waals surface area contributed by atoms with Gasteiger partial charge in [0.15, 0.2) is 29.6 Å². The van der Waals surface area contributed by atoms with Crippen LogP contribution in [0.3, 0.4) is 0 Å². The van der Waals surface area contributed by atoms with E-state index in [0.717, 1.165) is 0 Å². The Balaban J connectivity index is 1.64. The molecule has 0 aromatic heterocycles. The molecule has 10 heteroatoms. The summed E-state index contributed by atoms with van der Waals surface area (Å²) in [5.74, 6) is 0.783. The van der Waals surface area contributed by atoms with Crippen molar-refractivity contribution in [1.29, 1.82) is 0 Å². The van der Waals surface area contributed by atoms with Crippen LogP contribution in [0.1, 0.15) is 29.8 Å². The van der Waals surface area contributed by atoms with Crippen molar-refractivity contribution in [3.05, 3.63) is 76.8 Å². The summed E-state index contributed by atoms with van der Waals surface area (Å²) < 4.78 is 22.0. The van der Waals surface area contributed by atoms with Crippen molar-refractivity contribution in [1.82, 2.24) is 5.43 Å². The molecule has 3 aromatic rings. The molecule has 9 nitrogen and oxygen atoms in total. The Morgan fingerprint density at radius 1 is 0.919 bits per heavy atom. The fourth-order valence-corrected chi connectivity index (χ4v) is 3.51. The smallest absolute Gasteiger partial charge is 0.271 e. The van der Waals surface area contributed by atoms with Crippen LogP contribution in [0, 0.1) is 0 Å². The third-order valence-corrected chi connectivity index (χ3v) is 5.12. The van der Waals surface area contributed by atoms with E-state index >= 15 is 0 Å². The minimum absolute atomic E-state index is 0.214. The van der Waals surface area contributed by atoms with Crippen molar-refractivity contribution in [2.75, 3.05) is 32.2 Å². The molecule has 2 N–H and O–H groups in total. The molecule has 0 aliphatic rings. The number of nitrogens with one attached hydrogen (secondary N) is 2. The molecule has 2 amide bonds. The lowest BCUT2D eigenvalue weighted by atomic mass is 10.2. The number of anilines is 1. The summed E-state index contributed by atoms with van der Waals surface area (Å²) in [6.07, 6.45) is 1.41. The molecule has 3 aromatic carbocycles. The number of amides is 2. The molecule has 0 atom stereocenters. The molecule has 0 radical (unpaired) electrons. The first-order valence-electron chi connectivity index (χ1n) is 11.5. The fourth-order valence-electron chi connectivity index (χ4n) is 3.23. The van der Waals surface area contributed by atoms with Gasteiger partial charge < -0.3 is 24.3 Å². The summed E-state index contributed by atoms with van der Waals surface area (Å²) in [5, 5.41) is 6.95. The minimum Gasteiger partial charge on any atom is -0.493 e. The summed E-state index contributed by atoms with van der Waals surface area (Å²) >= 11 is 6.37. The third kappa shape index (κ3) is 7.88. The van der Waals surface area contributed by atoms with Gasteiger partial charge in [-0.15, -0.1) is 0 Å². The summed E-state index contributed by atoms with van der Waals surface area (Å²) in [7, 11) is 1.45. The second-order valence-electron chi connectivity index (χ2n) is 7.46. The summed E-state index contributed by atoms with van der Waals surface area (Å²) in [5.41, 5.74) is 4.03. The van der Waals surface area contributed by atoms with Gasteiger partial charge in [-0.05, 0) is 61.9 Å². The van der Waals surface area contributed by atoms with Crippen LogP contribution in [-0.2, 0) is 4.79 Å². The monoisotopic (exact) mass is 525 g/mol. The standard InChI is InChI=1S/C27H28ClN3O6/c1-4-35-22-12-11-19(15-23(22)36-5-2)27(33)31-29-16-18-13-21(28)26(24(14-18)34-3)37-17-25(32)30-20-9-7-6-8-10-20/h6-16H,4-5,17H2,1-3H3,(H,30,32)(H,31,33)/b29-16+. The van der Waals surface area contributed by atoms with Crippen molar-refractivity contribution >= 4 is 35.3 Å². The van der Waals surface area contributed by atoms with Gasteiger partial charge in [0.25, 0.3) is 11.8 Å². The maximum Gasteiger partial charge on any atom is 0.271 e. The van der Waals surface area contributed by atoms with Gasteiger partial charge in [-0.1, -0.05) is 29.8 Å². The Bertz CT molecular complexity index is 1250. The highest BCUT2D eigenvalue weighted by Gasteiger charge is 2.14. The van der Waals surface area contributed by atoms with Gasteiger partial charge in [0.2, 0.25) is 0 Å². The minimum atomic E-state index is -0.428. The van der Waals surface area contributed by atoms with E-state index in [4.69, 9.17) is 30.5 Å². The van der Waals surface area contributed by atoms with E-state index in [2.05, 4.69) is 15.8 Å². The maximum absolute atomic E-state index is 12.6. The lowest BCUT2D eigenvalue weighted by Gasteiger charge is -2.13. The summed E-state index contributed by atoms with van der Waals surface area (Å²) in [6.45, 7) is 4.37. The van der Waals surface area contributed by atoms with Crippen molar-refractivity contribution in [2.24, 2.45) is 5.10 Å². The molecule has 0 saturated carbocycles. The summed E-state index contributed by atoms with van der Waals surface area (Å²) in [4.78, 5) is 24.8. The highest BCUT2D eigenvalue weighted by molar-refractivity contribution is 6.32. The number of rotatable bonds is 12. The number of hydrogen-bond donors (Lipinski definition) is 2. The molecule has 0 spiro atoms. The molecule has 0 fully saturated rings. The maximum atomic E-state index is 12.6. The van der Waals surface area contributed by atoms with Gasteiger partial charge in [0.1, 0.15) is 0 Å². The molecule has 0 aliphatic carbocycles. The van der Waals surface area contributed by atoms with Crippen molar-refractivity contribution in [3.8, 4) is 23.0 Å². The number of carbonyl (C=O) groups is 2. The van der Waals surface area contributed by atoms with E-state index in [1.165, 1.54) is 13.3 Å². The predicted octanol–water partition coefficient (Wildman–Crippen LogP) is 4.93. The number of methoxy groups -OCH3 is 1. The highest BCUT2D eigenvalue weighted by Crippen LogP contribution is 2.36. The SMILES string of the molecule is CCOc1ccc(C(=O)N/N=C/c2cc(Cl)c(OCC(=O)Nc3ccccc3)c(OC)c2)cc1OCC. The number of ether oxygens (including phenoxy) is 4. The molecule has 0 bridgehead atoms. The zero-order valence-electron chi connectivity index (χ0n) is 20.7. The van der Waals surface area contributed by atoms with E-state index in [-0.39, 0.29) is 23.3 Å². The number of hydrogen-bond acceptors (Lipinski definition) is 7. The molecule has 194 valence electrons. The number of carbonyl (C=O) groups excluding carboxylic acids is 2. The van der Waals surface area contributed by atoms with E-state index in [9.17, 15) is 9.59 Å². The first-order valence-corrected chi connectivity index (χ1v) is 11.9. The number of halogens is 1. The van der Waals surface area contributed by atoms with Crippen LogP contribution in [0.25, 0.3) is 0 Å². The molecule has 3 rings (SSSR count). The van der Waals surface area contributed by atoms with E-state index in [1.54, 1.807) is 42.5 Å². The first kappa shape index (κ1) is 27.3. The Morgan fingerprint density at radius 2 is 1.65 bits per heavy atom. The normalized spacial score (nSPS) is 10.6. The van der Waals surface area contributed by atoms with Gasteiger partial charge in [0.05, 0.1) is 31.6 Å². The second-order valence-corrected chi connectivity index (χ2v) is 7.87. The molecular weight excluding hydrogens is 498 g/mol. The fraction of sp³-hybridized carbons (Fsp3) is 0.222. The Labute approximate surface area is 220 Å². The largest absolute Gasteiger partial charge is 0.493 e. The van der Waals surface area contributed by atoms with Crippen LogP contribution in [0.15, 0.2) is 65.8 Å². The Morgan fingerprint density at radius 3 is 2.35 bits per heavy atom. The van der Waals surface area contributed by atoms with E-state index in [0.29, 0.717) is 47.3 Å². The van der Waals surface area contributed by atoms with Gasteiger partial charge in [0, 0.05) is 11.3 Å². The van der Waals surface area contributed by atoms with Gasteiger partial charge in [-0.2, -0.15) is 5.10 Å².